The average Bonchev–Trinajstić information content (AvgIpc) is 2.49. The van der Waals surface area contributed by atoms with Crippen molar-refractivity contribution in [2.45, 2.75) is 11.8 Å². The monoisotopic (exact) mass is 285 g/mol. The minimum absolute atomic E-state index is 0.561. The second-order valence-electron chi connectivity index (χ2n) is 3.94. The summed E-state index contributed by atoms with van der Waals surface area (Å²) < 4.78 is 5.02. The Hall–Kier alpha value is -2.19. The fraction of sp³-hybridized carbons (Fsp3) is 0.200. The first-order chi connectivity index (χ1) is 9.78. The summed E-state index contributed by atoms with van der Waals surface area (Å²) >= 11 is 1.66. The fourth-order valence-electron chi connectivity index (χ4n) is 1.76. The molecule has 0 bridgehead atoms. The Morgan fingerprint density at radius 1 is 1.35 bits per heavy atom. The molecule has 1 N–H and O–H groups in total. The molecule has 0 saturated carbocycles. The van der Waals surface area contributed by atoms with E-state index in [-0.39, 0.29) is 0 Å². The number of thioether (sulfide) groups is 1. The number of methoxy groups -OCH3 is 1. The van der Waals surface area contributed by atoms with Gasteiger partial charge in [-0.25, -0.2) is 4.98 Å². The lowest BCUT2D eigenvalue weighted by atomic mass is 10.2. The molecule has 0 spiro atoms. The topological polar surface area (TPSA) is 57.9 Å². The number of hydrogen-bond acceptors (Lipinski definition) is 5. The summed E-state index contributed by atoms with van der Waals surface area (Å²) in [6, 6.07) is 11.7. The van der Waals surface area contributed by atoms with Crippen molar-refractivity contribution in [3.05, 3.63) is 42.1 Å². The molecular formula is C15H15N3OS. The number of hydrogen-bond donors (Lipinski definition) is 1. The molecule has 0 amide bonds. The molecule has 0 aliphatic carbocycles. The number of nitriles is 1. The Balaban J connectivity index is 2.28. The molecule has 2 aromatic rings. The zero-order chi connectivity index (χ0) is 14.4. The zero-order valence-electron chi connectivity index (χ0n) is 11.4. The van der Waals surface area contributed by atoms with Crippen LogP contribution in [0.3, 0.4) is 0 Å². The van der Waals surface area contributed by atoms with Crippen LogP contribution < -0.4 is 10.1 Å². The molecule has 20 heavy (non-hydrogen) atoms. The third-order valence-corrected chi connectivity index (χ3v) is 3.60. The third kappa shape index (κ3) is 3.22. The third-order valence-electron chi connectivity index (χ3n) is 2.66. The molecule has 4 nitrogen and oxygen atoms in total. The van der Waals surface area contributed by atoms with Crippen molar-refractivity contribution >= 4 is 23.1 Å². The van der Waals surface area contributed by atoms with E-state index in [1.807, 2.05) is 24.3 Å². The molecule has 0 aliphatic heterocycles. The number of nitrogens with one attached hydrogen (secondary N) is 1. The first-order valence-corrected chi connectivity index (χ1v) is 7.20. The second-order valence-corrected chi connectivity index (χ2v) is 5.24. The van der Waals surface area contributed by atoms with Gasteiger partial charge in [-0.2, -0.15) is 5.26 Å². The van der Waals surface area contributed by atoms with Crippen LogP contribution in [0.15, 0.2) is 41.4 Å². The molecule has 102 valence electrons. The summed E-state index contributed by atoms with van der Waals surface area (Å²) in [5, 5.41) is 12.6. The van der Waals surface area contributed by atoms with Crippen LogP contribution >= 0.6 is 11.8 Å². The van der Waals surface area contributed by atoms with E-state index in [0.29, 0.717) is 11.4 Å². The van der Waals surface area contributed by atoms with Crippen molar-refractivity contribution in [1.82, 2.24) is 4.98 Å². The maximum Gasteiger partial charge on any atom is 0.213 e. The molecule has 1 heterocycles. The first-order valence-electron chi connectivity index (χ1n) is 6.21. The van der Waals surface area contributed by atoms with Gasteiger partial charge in [0.2, 0.25) is 5.88 Å². The highest BCUT2D eigenvalue weighted by molar-refractivity contribution is 7.99. The molecular weight excluding hydrogens is 270 g/mol. The van der Waals surface area contributed by atoms with Crippen LogP contribution in [0.25, 0.3) is 0 Å². The summed E-state index contributed by atoms with van der Waals surface area (Å²) in [5.41, 5.74) is 2.27. The number of pyridine rings is 1. The van der Waals surface area contributed by atoms with E-state index in [2.05, 4.69) is 23.3 Å². The second kappa shape index (κ2) is 6.83. The van der Waals surface area contributed by atoms with Crippen molar-refractivity contribution in [2.75, 3.05) is 18.2 Å². The van der Waals surface area contributed by atoms with Crippen molar-refractivity contribution in [2.24, 2.45) is 0 Å². The molecule has 1 aromatic heterocycles. The van der Waals surface area contributed by atoms with Crippen LogP contribution in [0.5, 0.6) is 5.88 Å². The van der Waals surface area contributed by atoms with Gasteiger partial charge in [0.05, 0.1) is 30.2 Å². The van der Waals surface area contributed by atoms with Gasteiger partial charge in [0.1, 0.15) is 6.07 Å². The molecule has 1 aromatic carbocycles. The van der Waals surface area contributed by atoms with E-state index in [1.54, 1.807) is 31.1 Å². The van der Waals surface area contributed by atoms with Crippen LogP contribution in [0.4, 0.5) is 11.4 Å². The maximum atomic E-state index is 9.35. The molecule has 0 unspecified atom stereocenters. The van der Waals surface area contributed by atoms with Crippen LogP contribution in [0.1, 0.15) is 12.5 Å². The lowest BCUT2D eigenvalue weighted by molar-refractivity contribution is 0.398. The van der Waals surface area contributed by atoms with Gasteiger partial charge in [-0.3, -0.25) is 0 Å². The summed E-state index contributed by atoms with van der Waals surface area (Å²) in [6.45, 7) is 2.07. The van der Waals surface area contributed by atoms with Gasteiger partial charge in [-0.1, -0.05) is 13.0 Å². The number of aromatic nitrogens is 1. The van der Waals surface area contributed by atoms with E-state index in [0.717, 1.165) is 22.0 Å². The lowest BCUT2D eigenvalue weighted by Gasteiger charge is -2.11. The quantitative estimate of drug-likeness (QED) is 0.846. The van der Waals surface area contributed by atoms with Crippen LogP contribution in [-0.2, 0) is 0 Å². The number of benzene rings is 1. The van der Waals surface area contributed by atoms with Crippen LogP contribution in [0.2, 0.25) is 0 Å². The minimum atomic E-state index is 0.561. The molecule has 0 atom stereocenters. The molecule has 5 heteroatoms. The Labute approximate surface area is 122 Å². The van der Waals surface area contributed by atoms with Crippen LogP contribution in [0, 0.1) is 11.3 Å². The van der Waals surface area contributed by atoms with Gasteiger partial charge >= 0.3 is 0 Å². The fourth-order valence-corrected chi connectivity index (χ4v) is 2.54. The van der Waals surface area contributed by atoms with E-state index in [9.17, 15) is 5.26 Å². The van der Waals surface area contributed by atoms with Gasteiger partial charge in [-0.15, -0.1) is 11.8 Å². The number of rotatable bonds is 5. The van der Waals surface area contributed by atoms with Crippen molar-refractivity contribution in [3.63, 3.8) is 0 Å². The maximum absolute atomic E-state index is 9.35. The molecule has 0 aliphatic rings. The van der Waals surface area contributed by atoms with Crippen molar-refractivity contribution < 1.29 is 4.74 Å². The van der Waals surface area contributed by atoms with Gasteiger partial charge in [0.25, 0.3) is 0 Å². The smallest absolute Gasteiger partial charge is 0.213 e. The van der Waals surface area contributed by atoms with Crippen molar-refractivity contribution in [1.29, 1.82) is 5.26 Å². The summed E-state index contributed by atoms with van der Waals surface area (Å²) in [7, 11) is 1.58. The highest BCUT2D eigenvalue weighted by Crippen LogP contribution is 2.29. The Morgan fingerprint density at radius 3 is 2.80 bits per heavy atom. The normalized spacial score (nSPS) is 9.85. The number of ether oxygens (including phenoxy) is 1. The predicted octanol–water partition coefficient (Wildman–Crippen LogP) is 3.82. The van der Waals surface area contributed by atoms with Crippen LogP contribution in [-0.4, -0.2) is 17.8 Å². The van der Waals surface area contributed by atoms with Gasteiger partial charge in [-0.05, 0) is 24.0 Å². The Bertz CT molecular complexity index is 620. The van der Waals surface area contributed by atoms with Gasteiger partial charge in [0.15, 0.2) is 0 Å². The highest BCUT2D eigenvalue weighted by atomic mass is 32.2. The van der Waals surface area contributed by atoms with E-state index in [1.165, 1.54) is 0 Å². The van der Waals surface area contributed by atoms with E-state index < -0.39 is 0 Å². The van der Waals surface area contributed by atoms with Gasteiger partial charge < -0.3 is 10.1 Å². The van der Waals surface area contributed by atoms with E-state index in [4.69, 9.17) is 4.74 Å². The molecule has 0 fully saturated rings. The summed E-state index contributed by atoms with van der Waals surface area (Å²) in [4.78, 5) is 5.12. The highest BCUT2D eigenvalue weighted by Gasteiger charge is 2.08. The first kappa shape index (κ1) is 14.2. The Kier molecular flexibility index (Phi) is 4.85. The summed E-state index contributed by atoms with van der Waals surface area (Å²) in [6.07, 6.45) is 1.68. The average molecular weight is 285 g/mol. The van der Waals surface area contributed by atoms with E-state index >= 15 is 0 Å². The largest absolute Gasteiger partial charge is 0.481 e. The van der Waals surface area contributed by atoms with Crippen molar-refractivity contribution in [3.8, 4) is 11.9 Å². The number of anilines is 2. The standard InChI is InChI=1S/C15H15N3OS/c1-3-20-14-6-4-5-13(12(14)9-16)18-11-7-8-15(19-2)17-10-11/h4-8,10,18H,3H2,1-2H3. The predicted molar refractivity (Wildman–Crippen MR) is 81.6 cm³/mol. The molecule has 0 radical (unpaired) electrons. The minimum Gasteiger partial charge on any atom is -0.481 e. The lowest BCUT2D eigenvalue weighted by Crippen LogP contribution is -1.96. The zero-order valence-corrected chi connectivity index (χ0v) is 12.2. The van der Waals surface area contributed by atoms with Gasteiger partial charge in [0, 0.05) is 11.0 Å². The number of nitrogens with zero attached hydrogens (tertiary/aromatic N) is 2. The molecule has 2 rings (SSSR count). The SMILES string of the molecule is CCSc1cccc(Nc2ccc(OC)nc2)c1C#N. The molecule has 0 saturated heterocycles. The Morgan fingerprint density at radius 2 is 2.20 bits per heavy atom. The summed E-state index contributed by atoms with van der Waals surface area (Å²) in [5.74, 6) is 1.49.